The molecule has 1 aromatic rings. The molecule has 0 N–H and O–H groups in total. The zero-order valence-electron chi connectivity index (χ0n) is 11.6. The number of sulfonamides is 1. The van der Waals surface area contributed by atoms with Crippen LogP contribution in [0.5, 0.6) is 0 Å². The van der Waals surface area contributed by atoms with Crippen molar-refractivity contribution in [3.05, 3.63) is 18.0 Å². The minimum absolute atomic E-state index is 0.160. The van der Waals surface area contributed by atoms with Crippen molar-refractivity contribution in [2.45, 2.75) is 18.6 Å². The third-order valence-corrected chi connectivity index (χ3v) is 5.20. The van der Waals surface area contributed by atoms with Gasteiger partial charge in [0.05, 0.1) is 31.2 Å². The predicted molar refractivity (Wildman–Crippen MR) is 72.1 cm³/mol. The smallest absolute Gasteiger partial charge is 0.292 e. The van der Waals surface area contributed by atoms with Gasteiger partial charge in [0.25, 0.3) is 5.91 Å². The molecule has 21 heavy (non-hydrogen) atoms. The number of nitrogens with zero attached hydrogens (tertiary/aromatic N) is 3. The number of rotatable bonds is 2. The number of aromatic nitrogens is 1. The van der Waals surface area contributed by atoms with Crippen molar-refractivity contribution >= 4 is 15.9 Å². The first kappa shape index (κ1) is 14.5. The Bertz CT molecular complexity index is 615. The number of ether oxygens (including phenoxy) is 1. The highest BCUT2D eigenvalue weighted by Gasteiger charge is 2.42. The number of piperidine rings is 1. The second kappa shape index (κ2) is 5.39. The number of morpholine rings is 1. The molecule has 2 aliphatic heterocycles. The number of carbonyl (C=O) groups is 1. The fraction of sp³-hybridized carbons (Fsp3) is 0.667. The Kier molecular flexibility index (Phi) is 3.72. The molecule has 0 unspecified atom stereocenters. The van der Waals surface area contributed by atoms with E-state index in [1.54, 1.807) is 4.90 Å². The van der Waals surface area contributed by atoms with Crippen molar-refractivity contribution in [3.8, 4) is 0 Å². The van der Waals surface area contributed by atoms with E-state index in [0.717, 1.165) is 0 Å². The van der Waals surface area contributed by atoms with Crippen LogP contribution in [0.4, 0.5) is 0 Å². The van der Waals surface area contributed by atoms with Gasteiger partial charge >= 0.3 is 0 Å². The molecule has 0 spiro atoms. The SMILES string of the molecule is CS(=O)(=O)N1CCO[C@H]2CCN(C(=O)c3ccno3)C[C@@H]21. The molecule has 2 saturated heterocycles. The Labute approximate surface area is 122 Å². The summed E-state index contributed by atoms with van der Waals surface area (Å²) in [5.41, 5.74) is 0. The second-order valence-corrected chi connectivity index (χ2v) is 7.20. The van der Waals surface area contributed by atoms with Gasteiger partial charge in [-0.05, 0) is 6.42 Å². The molecule has 9 heteroatoms. The lowest BCUT2D eigenvalue weighted by Crippen LogP contribution is -2.61. The minimum atomic E-state index is -3.32. The van der Waals surface area contributed by atoms with Crippen LogP contribution in [0.3, 0.4) is 0 Å². The standard InChI is InChI=1S/C12H17N3O5S/c1-21(17,18)15-6-7-19-10-3-5-14(8-9(10)15)12(16)11-2-4-13-20-11/h2,4,9-10H,3,5-8H2,1H3/t9-,10-/m0/s1. The van der Waals surface area contributed by atoms with E-state index in [1.165, 1.54) is 22.8 Å². The molecule has 0 bridgehead atoms. The average molecular weight is 315 g/mol. The molecular formula is C12H17N3O5S. The fourth-order valence-electron chi connectivity index (χ4n) is 2.92. The molecule has 2 atom stereocenters. The summed E-state index contributed by atoms with van der Waals surface area (Å²) >= 11 is 0. The van der Waals surface area contributed by atoms with Crippen LogP contribution in [0, 0.1) is 0 Å². The molecule has 8 nitrogen and oxygen atoms in total. The summed E-state index contributed by atoms with van der Waals surface area (Å²) in [5.74, 6) is -0.110. The van der Waals surface area contributed by atoms with Gasteiger partial charge in [-0.3, -0.25) is 4.79 Å². The van der Waals surface area contributed by atoms with Crippen LogP contribution in [0.15, 0.2) is 16.8 Å². The van der Waals surface area contributed by atoms with Crippen molar-refractivity contribution in [2.75, 3.05) is 32.5 Å². The van der Waals surface area contributed by atoms with Gasteiger partial charge in [-0.2, -0.15) is 4.31 Å². The normalized spacial score (nSPS) is 27.4. The lowest BCUT2D eigenvalue weighted by molar-refractivity contribution is -0.0707. The summed E-state index contributed by atoms with van der Waals surface area (Å²) in [6, 6.07) is 1.16. The first-order chi connectivity index (χ1) is 9.97. The quantitative estimate of drug-likeness (QED) is 0.734. The Morgan fingerprint density at radius 1 is 1.43 bits per heavy atom. The molecule has 2 aliphatic rings. The maximum absolute atomic E-state index is 12.3. The van der Waals surface area contributed by atoms with E-state index in [1.807, 2.05) is 0 Å². The number of likely N-dealkylation sites (tertiary alicyclic amines) is 1. The summed E-state index contributed by atoms with van der Waals surface area (Å²) in [4.78, 5) is 13.9. The van der Waals surface area contributed by atoms with Gasteiger partial charge in [0.15, 0.2) is 0 Å². The molecule has 0 aliphatic carbocycles. The van der Waals surface area contributed by atoms with Gasteiger partial charge in [-0.1, -0.05) is 5.16 Å². The predicted octanol–water partition coefficient (Wildman–Crippen LogP) is -0.450. The van der Waals surface area contributed by atoms with Crippen molar-refractivity contribution < 1.29 is 22.5 Å². The minimum Gasteiger partial charge on any atom is -0.375 e. The van der Waals surface area contributed by atoms with Gasteiger partial charge in [0, 0.05) is 25.7 Å². The maximum atomic E-state index is 12.3. The van der Waals surface area contributed by atoms with E-state index in [-0.39, 0.29) is 23.8 Å². The van der Waals surface area contributed by atoms with Crippen LogP contribution >= 0.6 is 0 Å². The van der Waals surface area contributed by atoms with Gasteiger partial charge in [0.1, 0.15) is 0 Å². The lowest BCUT2D eigenvalue weighted by Gasteiger charge is -2.45. The molecule has 0 saturated carbocycles. The van der Waals surface area contributed by atoms with Crippen molar-refractivity contribution in [3.63, 3.8) is 0 Å². The van der Waals surface area contributed by atoms with E-state index in [4.69, 9.17) is 9.26 Å². The molecular weight excluding hydrogens is 298 g/mol. The van der Waals surface area contributed by atoms with Crippen molar-refractivity contribution in [1.82, 2.24) is 14.4 Å². The van der Waals surface area contributed by atoms with Crippen LogP contribution in [-0.2, 0) is 14.8 Å². The summed E-state index contributed by atoms with van der Waals surface area (Å²) in [6.45, 7) is 1.53. The van der Waals surface area contributed by atoms with E-state index < -0.39 is 10.0 Å². The zero-order valence-corrected chi connectivity index (χ0v) is 12.5. The van der Waals surface area contributed by atoms with E-state index in [0.29, 0.717) is 32.7 Å². The average Bonchev–Trinajstić information content (AvgIpc) is 2.98. The topological polar surface area (TPSA) is 93.0 Å². The highest BCUT2D eigenvalue weighted by Crippen LogP contribution is 2.25. The van der Waals surface area contributed by atoms with Crippen LogP contribution in [0.2, 0.25) is 0 Å². The molecule has 3 rings (SSSR count). The van der Waals surface area contributed by atoms with Crippen LogP contribution in [0.1, 0.15) is 17.0 Å². The molecule has 1 aromatic heterocycles. The van der Waals surface area contributed by atoms with Crippen LogP contribution in [-0.4, -0.2) is 73.3 Å². The molecule has 0 radical (unpaired) electrons. The summed E-state index contributed by atoms with van der Waals surface area (Å²) < 4.78 is 35.7. The van der Waals surface area contributed by atoms with Gasteiger partial charge < -0.3 is 14.2 Å². The monoisotopic (exact) mass is 315 g/mol. The van der Waals surface area contributed by atoms with Crippen molar-refractivity contribution in [2.24, 2.45) is 0 Å². The highest BCUT2D eigenvalue weighted by molar-refractivity contribution is 7.88. The van der Waals surface area contributed by atoms with E-state index in [9.17, 15) is 13.2 Å². The number of carbonyl (C=O) groups excluding carboxylic acids is 1. The zero-order chi connectivity index (χ0) is 15.0. The highest BCUT2D eigenvalue weighted by atomic mass is 32.2. The molecule has 3 heterocycles. The third kappa shape index (κ3) is 2.81. The van der Waals surface area contributed by atoms with Crippen LogP contribution in [0.25, 0.3) is 0 Å². The summed E-state index contributed by atoms with van der Waals surface area (Å²) in [5, 5.41) is 3.52. The fourth-order valence-corrected chi connectivity index (χ4v) is 4.02. The van der Waals surface area contributed by atoms with E-state index in [2.05, 4.69) is 5.16 Å². The summed E-state index contributed by atoms with van der Waals surface area (Å²) in [6.07, 6.45) is 3.04. The Morgan fingerprint density at radius 3 is 2.90 bits per heavy atom. The molecule has 0 aromatic carbocycles. The Balaban J connectivity index is 1.79. The number of amides is 1. The Morgan fingerprint density at radius 2 is 2.24 bits per heavy atom. The number of hydrogen-bond donors (Lipinski definition) is 0. The Hall–Kier alpha value is -1.45. The van der Waals surface area contributed by atoms with Crippen molar-refractivity contribution in [1.29, 1.82) is 0 Å². The van der Waals surface area contributed by atoms with Crippen LogP contribution < -0.4 is 0 Å². The number of hydrogen-bond acceptors (Lipinski definition) is 6. The molecule has 1 amide bonds. The van der Waals surface area contributed by atoms with Gasteiger partial charge in [-0.25, -0.2) is 8.42 Å². The maximum Gasteiger partial charge on any atom is 0.292 e. The number of fused-ring (bicyclic) bond motifs is 1. The first-order valence-corrected chi connectivity index (χ1v) is 8.60. The second-order valence-electron chi connectivity index (χ2n) is 5.27. The first-order valence-electron chi connectivity index (χ1n) is 6.75. The van der Waals surface area contributed by atoms with Gasteiger partial charge in [0.2, 0.25) is 15.8 Å². The largest absolute Gasteiger partial charge is 0.375 e. The third-order valence-electron chi connectivity index (χ3n) is 3.90. The lowest BCUT2D eigenvalue weighted by atomic mass is 10.0. The molecule has 116 valence electrons. The summed E-state index contributed by atoms with van der Waals surface area (Å²) in [7, 11) is -3.32. The van der Waals surface area contributed by atoms with E-state index >= 15 is 0 Å². The molecule has 2 fully saturated rings. The van der Waals surface area contributed by atoms with Gasteiger partial charge in [-0.15, -0.1) is 0 Å².